The summed E-state index contributed by atoms with van der Waals surface area (Å²) in [7, 11) is 3.34. The standard InChI is InChI=1S/C11H22O3/c1-4-5-6-7-8-14-11(9-12-2)10-13-3/h4,11H,1,5-10H2,2-3H3. The highest BCUT2D eigenvalue weighted by Gasteiger charge is 2.07. The van der Waals surface area contributed by atoms with E-state index >= 15 is 0 Å². The van der Waals surface area contributed by atoms with Crippen molar-refractivity contribution < 1.29 is 14.2 Å². The van der Waals surface area contributed by atoms with Crippen LogP contribution in [0.2, 0.25) is 0 Å². The zero-order chi connectivity index (χ0) is 10.6. The molecule has 0 saturated heterocycles. The first kappa shape index (κ1) is 13.6. The van der Waals surface area contributed by atoms with Crippen molar-refractivity contribution in [2.24, 2.45) is 0 Å². The predicted octanol–water partition coefficient (Wildman–Crippen LogP) is 2.02. The lowest BCUT2D eigenvalue weighted by Gasteiger charge is -2.15. The van der Waals surface area contributed by atoms with Crippen LogP contribution in [-0.4, -0.2) is 40.1 Å². The highest BCUT2D eigenvalue weighted by Crippen LogP contribution is 2.00. The Labute approximate surface area is 87.0 Å². The lowest BCUT2D eigenvalue weighted by atomic mass is 10.2. The van der Waals surface area contributed by atoms with Crippen molar-refractivity contribution in [2.45, 2.75) is 25.4 Å². The van der Waals surface area contributed by atoms with Gasteiger partial charge in [0.15, 0.2) is 0 Å². The van der Waals surface area contributed by atoms with E-state index in [2.05, 4.69) is 6.58 Å². The van der Waals surface area contributed by atoms with Gasteiger partial charge in [-0.1, -0.05) is 6.08 Å². The van der Waals surface area contributed by atoms with Gasteiger partial charge in [-0.05, 0) is 19.3 Å². The molecule has 0 rings (SSSR count). The van der Waals surface area contributed by atoms with E-state index in [-0.39, 0.29) is 6.10 Å². The van der Waals surface area contributed by atoms with Gasteiger partial charge < -0.3 is 14.2 Å². The van der Waals surface area contributed by atoms with Gasteiger partial charge in [-0.15, -0.1) is 6.58 Å². The van der Waals surface area contributed by atoms with Crippen LogP contribution in [0.25, 0.3) is 0 Å². The molecule has 0 fully saturated rings. The summed E-state index contributed by atoms with van der Waals surface area (Å²) >= 11 is 0. The Morgan fingerprint density at radius 1 is 1.14 bits per heavy atom. The Morgan fingerprint density at radius 2 is 1.79 bits per heavy atom. The average molecular weight is 202 g/mol. The number of rotatable bonds is 10. The molecule has 0 radical (unpaired) electrons. The quantitative estimate of drug-likeness (QED) is 0.401. The minimum Gasteiger partial charge on any atom is -0.382 e. The SMILES string of the molecule is C=CCCCCOC(COC)COC. The van der Waals surface area contributed by atoms with Crippen molar-refractivity contribution in [2.75, 3.05) is 34.0 Å². The van der Waals surface area contributed by atoms with Crippen LogP contribution < -0.4 is 0 Å². The molecule has 14 heavy (non-hydrogen) atoms. The molecule has 0 aromatic heterocycles. The van der Waals surface area contributed by atoms with E-state index in [4.69, 9.17) is 14.2 Å². The molecular weight excluding hydrogens is 180 g/mol. The molecule has 0 spiro atoms. The average Bonchev–Trinajstić information content (AvgIpc) is 2.18. The fraction of sp³-hybridized carbons (Fsp3) is 0.818. The lowest BCUT2D eigenvalue weighted by molar-refractivity contribution is -0.0420. The zero-order valence-corrected chi connectivity index (χ0v) is 9.33. The summed E-state index contributed by atoms with van der Waals surface area (Å²) in [5.74, 6) is 0. The van der Waals surface area contributed by atoms with Crippen molar-refractivity contribution in [3.8, 4) is 0 Å². The molecule has 0 bridgehead atoms. The third-order valence-electron chi connectivity index (χ3n) is 1.86. The van der Waals surface area contributed by atoms with Crippen molar-refractivity contribution in [1.82, 2.24) is 0 Å². The molecule has 0 atom stereocenters. The van der Waals surface area contributed by atoms with Gasteiger partial charge in [0.1, 0.15) is 6.10 Å². The van der Waals surface area contributed by atoms with Gasteiger partial charge in [0, 0.05) is 20.8 Å². The van der Waals surface area contributed by atoms with Gasteiger partial charge >= 0.3 is 0 Å². The molecule has 0 aliphatic rings. The van der Waals surface area contributed by atoms with Crippen LogP contribution >= 0.6 is 0 Å². The first-order valence-corrected chi connectivity index (χ1v) is 5.05. The maximum absolute atomic E-state index is 5.59. The van der Waals surface area contributed by atoms with Crippen LogP contribution in [-0.2, 0) is 14.2 Å². The molecule has 84 valence electrons. The van der Waals surface area contributed by atoms with Gasteiger partial charge in [0.05, 0.1) is 13.2 Å². The maximum Gasteiger partial charge on any atom is 0.104 e. The Hall–Kier alpha value is -0.380. The highest BCUT2D eigenvalue weighted by atomic mass is 16.6. The molecule has 0 aromatic rings. The largest absolute Gasteiger partial charge is 0.382 e. The molecule has 0 unspecified atom stereocenters. The summed E-state index contributed by atoms with van der Waals surface area (Å²) in [6.07, 6.45) is 5.25. The van der Waals surface area contributed by atoms with Crippen molar-refractivity contribution in [3.05, 3.63) is 12.7 Å². The maximum atomic E-state index is 5.59. The van der Waals surface area contributed by atoms with Crippen LogP contribution in [0.4, 0.5) is 0 Å². The third kappa shape index (κ3) is 8.23. The number of hydrogen-bond acceptors (Lipinski definition) is 3. The molecule has 0 aliphatic carbocycles. The molecule has 0 aromatic carbocycles. The van der Waals surface area contributed by atoms with Gasteiger partial charge in [0.2, 0.25) is 0 Å². The normalized spacial score (nSPS) is 10.8. The summed E-state index contributed by atoms with van der Waals surface area (Å²) in [6, 6.07) is 0. The number of unbranched alkanes of at least 4 members (excludes halogenated alkanes) is 2. The van der Waals surface area contributed by atoms with Gasteiger partial charge in [0.25, 0.3) is 0 Å². The molecule has 3 nitrogen and oxygen atoms in total. The molecule has 0 N–H and O–H groups in total. The van der Waals surface area contributed by atoms with Gasteiger partial charge in [-0.2, -0.15) is 0 Å². The first-order chi connectivity index (χ1) is 6.85. The van der Waals surface area contributed by atoms with Crippen LogP contribution in [0.15, 0.2) is 12.7 Å². The van der Waals surface area contributed by atoms with E-state index in [1.54, 1.807) is 14.2 Å². The van der Waals surface area contributed by atoms with E-state index in [1.807, 2.05) is 6.08 Å². The number of methoxy groups -OCH3 is 2. The summed E-state index contributed by atoms with van der Waals surface area (Å²) in [4.78, 5) is 0. The minimum atomic E-state index is 0.0636. The number of hydrogen-bond donors (Lipinski definition) is 0. The van der Waals surface area contributed by atoms with Crippen molar-refractivity contribution in [1.29, 1.82) is 0 Å². The second-order valence-corrected chi connectivity index (χ2v) is 3.19. The summed E-state index contributed by atoms with van der Waals surface area (Å²) < 4.78 is 15.6. The van der Waals surface area contributed by atoms with E-state index in [9.17, 15) is 0 Å². The number of allylic oxidation sites excluding steroid dienone is 1. The minimum absolute atomic E-state index is 0.0636. The second-order valence-electron chi connectivity index (χ2n) is 3.19. The Kier molecular flexibility index (Phi) is 10.4. The molecular formula is C11H22O3. The van der Waals surface area contributed by atoms with Crippen LogP contribution in [0, 0.1) is 0 Å². The fourth-order valence-electron chi connectivity index (χ4n) is 1.16. The summed E-state index contributed by atoms with van der Waals surface area (Å²) in [5, 5.41) is 0. The van der Waals surface area contributed by atoms with E-state index < -0.39 is 0 Å². The summed E-state index contributed by atoms with van der Waals surface area (Å²) in [5.41, 5.74) is 0. The molecule has 0 amide bonds. The molecule has 0 heterocycles. The number of ether oxygens (including phenoxy) is 3. The van der Waals surface area contributed by atoms with Crippen LogP contribution in [0.3, 0.4) is 0 Å². The molecule has 0 aliphatic heterocycles. The third-order valence-corrected chi connectivity index (χ3v) is 1.86. The monoisotopic (exact) mass is 202 g/mol. The lowest BCUT2D eigenvalue weighted by Crippen LogP contribution is -2.24. The fourth-order valence-corrected chi connectivity index (χ4v) is 1.16. The van der Waals surface area contributed by atoms with Gasteiger partial charge in [-0.25, -0.2) is 0 Å². The smallest absolute Gasteiger partial charge is 0.104 e. The van der Waals surface area contributed by atoms with Crippen LogP contribution in [0.1, 0.15) is 19.3 Å². The first-order valence-electron chi connectivity index (χ1n) is 5.05. The Bertz CT molecular complexity index is 120. The van der Waals surface area contributed by atoms with E-state index in [0.29, 0.717) is 13.2 Å². The van der Waals surface area contributed by atoms with Gasteiger partial charge in [-0.3, -0.25) is 0 Å². The zero-order valence-electron chi connectivity index (χ0n) is 9.33. The Balaban J connectivity index is 3.34. The molecule has 0 saturated carbocycles. The topological polar surface area (TPSA) is 27.7 Å². The van der Waals surface area contributed by atoms with E-state index in [0.717, 1.165) is 25.9 Å². The highest BCUT2D eigenvalue weighted by molar-refractivity contribution is 4.65. The molecule has 3 heteroatoms. The van der Waals surface area contributed by atoms with Crippen LogP contribution in [0.5, 0.6) is 0 Å². The predicted molar refractivity (Wildman–Crippen MR) is 57.5 cm³/mol. The van der Waals surface area contributed by atoms with Crippen molar-refractivity contribution in [3.63, 3.8) is 0 Å². The summed E-state index contributed by atoms with van der Waals surface area (Å²) in [6.45, 7) is 5.63. The van der Waals surface area contributed by atoms with E-state index in [1.165, 1.54) is 0 Å². The van der Waals surface area contributed by atoms with Crippen molar-refractivity contribution >= 4 is 0 Å². The second kappa shape index (κ2) is 10.7. The Morgan fingerprint density at radius 3 is 2.29 bits per heavy atom.